The van der Waals surface area contributed by atoms with Gasteiger partial charge in [-0.25, -0.2) is 0 Å². The molecule has 1 fully saturated rings. The average molecular weight is 260 g/mol. The van der Waals surface area contributed by atoms with E-state index in [-0.39, 0.29) is 5.41 Å². The third-order valence-corrected chi connectivity index (χ3v) is 4.25. The Bertz CT molecular complexity index is 402. The quantitative estimate of drug-likeness (QED) is 0.881. The van der Waals surface area contributed by atoms with E-state index in [4.69, 9.17) is 5.73 Å². The van der Waals surface area contributed by atoms with Gasteiger partial charge in [-0.1, -0.05) is 46.2 Å². The fraction of sp³-hybridized carbons (Fsp3) is 0.647. The van der Waals surface area contributed by atoms with Crippen molar-refractivity contribution in [1.82, 2.24) is 0 Å². The van der Waals surface area contributed by atoms with E-state index in [0.717, 1.165) is 19.0 Å². The Labute approximate surface area is 118 Å². The largest absolute Gasteiger partial charge is 0.370 e. The van der Waals surface area contributed by atoms with Crippen LogP contribution in [0.4, 0.5) is 5.69 Å². The van der Waals surface area contributed by atoms with Crippen LogP contribution in [0, 0.1) is 5.92 Å². The molecule has 106 valence electrons. The van der Waals surface area contributed by atoms with Gasteiger partial charge in [0.1, 0.15) is 0 Å². The highest BCUT2D eigenvalue weighted by atomic mass is 15.2. The molecule has 0 aliphatic carbocycles. The van der Waals surface area contributed by atoms with Crippen LogP contribution in [-0.2, 0) is 5.41 Å². The highest BCUT2D eigenvalue weighted by molar-refractivity contribution is 5.49. The van der Waals surface area contributed by atoms with Crippen LogP contribution in [0.1, 0.15) is 46.1 Å². The fourth-order valence-electron chi connectivity index (χ4n) is 2.93. The molecule has 2 unspecified atom stereocenters. The summed E-state index contributed by atoms with van der Waals surface area (Å²) in [6.07, 6.45) is 2.40. The molecule has 2 atom stereocenters. The highest BCUT2D eigenvalue weighted by Gasteiger charge is 2.24. The first-order valence-electron chi connectivity index (χ1n) is 7.51. The van der Waals surface area contributed by atoms with E-state index >= 15 is 0 Å². The van der Waals surface area contributed by atoms with Gasteiger partial charge in [0.05, 0.1) is 0 Å². The van der Waals surface area contributed by atoms with Gasteiger partial charge in [-0.3, -0.25) is 0 Å². The van der Waals surface area contributed by atoms with E-state index in [9.17, 15) is 0 Å². The molecule has 1 aliphatic rings. The van der Waals surface area contributed by atoms with Crippen LogP contribution in [0.5, 0.6) is 0 Å². The van der Waals surface area contributed by atoms with Crippen LogP contribution in [0.2, 0.25) is 0 Å². The van der Waals surface area contributed by atoms with Crippen molar-refractivity contribution in [1.29, 1.82) is 0 Å². The maximum atomic E-state index is 6.19. The molecule has 0 spiro atoms. The van der Waals surface area contributed by atoms with Crippen molar-refractivity contribution in [3.05, 3.63) is 29.8 Å². The maximum Gasteiger partial charge on any atom is 0.0367 e. The molecule has 1 heterocycles. The SMILES string of the molecule is CCC1CC(N)CN(c2ccc(C(C)(C)C)cc2)C1. The smallest absolute Gasteiger partial charge is 0.0367 e. The van der Waals surface area contributed by atoms with Crippen LogP contribution in [-0.4, -0.2) is 19.1 Å². The molecule has 1 aromatic carbocycles. The summed E-state index contributed by atoms with van der Waals surface area (Å²) in [7, 11) is 0. The van der Waals surface area contributed by atoms with E-state index in [1.165, 1.54) is 24.1 Å². The first-order valence-corrected chi connectivity index (χ1v) is 7.51. The summed E-state index contributed by atoms with van der Waals surface area (Å²) >= 11 is 0. The van der Waals surface area contributed by atoms with Gasteiger partial charge in [-0.2, -0.15) is 0 Å². The molecule has 2 N–H and O–H groups in total. The molecule has 2 nitrogen and oxygen atoms in total. The normalized spacial score (nSPS) is 24.6. The summed E-state index contributed by atoms with van der Waals surface area (Å²) in [5.41, 5.74) is 9.12. The van der Waals surface area contributed by atoms with Crippen LogP contribution < -0.4 is 10.6 Å². The number of hydrogen-bond acceptors (Lipinski definition) is 2. The van der Waals surface area contributed by atoms with Crippen molar-refractivity contribution in [3.63, 3.8) is 0 Å². The third-order valence-electron chi connectivity index (χ3n) is 4.25. The minimum Gasteiger partial charge on any atom is -0.370 e. The van der Waals surface area contributed by atoms with E-state index in [2.05, 4.69) is 56.9 Å². The Balaban J connectivity index is 2.13. The predicted molar refractivity (Wildman–Crippen MR) is 83.7 cm³/mol. The van der Waals surface area contributed by atoms with Gasteiger partial charge >= 0.3 is 0 Å². The minimum atomic E-state index is 0.225. The molecule has 0 aromatic heterocycles. The molecule has 0 bridgehead atoms. The monoisotopic (exact) mass is 260 g/mol. The van der Waals surface area contributed by atoms with Crippen LogP contribution in [0.25, 0.3) is 0 Å². The molecule has 0 saturated carbocycles. The van der Waals surface area contributed by atoms with Crippen LogP contribution in [0.15, 0.2) is 24.3 Å². The van der Waals surface area contributed by atoms with Crippen LogP contribution >= 0.6 is 0 Å². The van der Waals surface area contributed by atoms with E-state index in [0.29, 0.717) is 6.04 Å². The average Bonchev–Trinajstić information content (AvgIpc) is 2.37. The van der Waals surface area contributed by atoms with Gasteiger partial charge in [0.2, 0.25) is 0 Å². The lowest BCUT2D eigenvalue weighted by Gasteiger charge is -2.37. The molecule has 19 heavy (non-hydrogen) atoms. The molecule has 1 aromatic rings. The molecule has 2 heteroatoms. The summed E-state index contributed by atoms with van der Waals surface area (Å²) < 4.78 is 0. The standard InChI is InChI=1S/C17H28N2/c1-5-13-10-15(18)12-19(11-13)16-8-6-14(7-9-16)17(2,3)4/h6-9,13,15H,5,10-12,18H2,1-4H3. The summed E-state index contributed by atoms with van der Waals surface area (Å²) in [4.78, 5) is 2.45. The molecule has 1 saturated heterocycles. The Kier molecular flexibility index (Phi) is 4.19. The second kappa shape index (κ2) is 5.54. The molecule has 2 rings (SSSR count). The first kappa shape index (κ1) is 14.4. The summed E-state index contributed by atoms with van der Waals surface area (Å²) in [6.45, 7) is 11.2. The highest BCUT2D eigenvalue weighted by Crippen LogP contribution is 2.28. The van der Waals surface area contributed by atoms with Crippen molar-refractivity contribution >= 4 is 5.69 Å². The number of nitrogens with two attached hydrogens (primary N) is 1. The van der Waals surface area contributed by atoms with Gasteiger partial charge in [0, 0.05) is 24.8 Å². The van der Waals surface area contributed by atoms with Crippen LogP contribution in [0.3, 0.4) is 0 Å². The zero-order valence-corrected chi connectivity index (χ0v) is 12.8. The van der Waals surface area contributed by atoms with E-state index in [1.807, 2.05) is 0 Å². The number of nitrogens with zero attached hydrogens (tertiary/aromatic N) is 1. The predicted octanol–water partition coefficient (Wildman–Crippen LogP) is 3.55. The zero-order chi connectivity index (χ0) is 14.0. The number of piperidine rings is 1. The Morgan fingerprint density at radius 2 is 1.79 bits per heavy atom. The molecule has 1 aliphatic heterocycles. The molecule has 0 amide bonds. The first-order chi connectivity index (χ1) is 8.90. The fourth-order valence-corrected chi connectivity index (χ4v) is 2.93. The molecular formula is C17H28N2. The van der Waals surface area contributed by atoms with Gasteiger partial charge in [-0.15, -0.1) is 0 Å². The zero-order valence-electron chi connectivity index (χ0n) is 12.8. The van der Waals surface area contributed by atoms with Crippen molar-refractivity contribution in [2.75, 3.05) is 18.0 Å². The second-order valence-corrected chi connectivity index (χ2v) is 6.97. The Morgan fingerprint density at radius 1 is 1.16 bits per heavy atom. The lowest BCUT2D eigenvalue weighted by molar-refractivity contribution is 0.368. The summed E-state index contributed by atoms with van der Waals surface area (Å²) in [6, 6.07) is 9.35. The second-order valence-electron chi connectivity index (χ2n) is 6.97. The van der Waals surface area contributed by atoms with Crippen molar-refractivity contribution < 1.29 is 0 Å². The summed E-state index contributed by atoms with van der Waals surface area (Å²) in [5.74, 6) is 0.742. The van der Waals surface area contributed by atoms with E-state index in [1.54, 1.807) is 0 Å². The van der Waals surface area contributed by atoms with Gasteiger partial charge in [-0.05, 0) is 35.4 Å². The summed E-state index contributed by atoms with van der Waals surface area (Å²) in [5, 5.41) is 0. The lowest BCUT2D eigenvalue weighted by Crippen LogP contribution is -2.47. The topological polar surface area (TPSA) is 29.3 Å². The molecule has 0 radical (unpaired) electrons. The maximum absolute atomic E-state index is 6.19. The van der Waals surface area contributed by atoms with Gasteiger partial charge in [0.15, 0.2) is 0 Å². The van der Waals surface area contributed by atoms with Crippen molar-refractivity contribution in [3.8, 4) is 0 Å². The minimum absolute atomic E-state index is 0.225. The lowest BCUT2D eigenvalue weighted by atomic mass is 9.87. The van der Waals surface area contributed by atoms with Gasteiger partial charge in [0.25, 0.3) is 0 Å². The number of rotatable bonds is 2. The Hall–Kier alpha value is -1.02. The van der Waals surface area contributed by atoms with Crippen molar-refractivity contribution in [2.24, 2.45) is 11.7 Å². The molecular weight excluding hydrogens is 232 g/mol. The third kappa shape index (κ3) is 3.50. The van der Waals surface area contributed by atoms with Crippen molar-refractivity contribution in [2.45, 2.75) is 52.0 Å². The van der Waals surface area contributed by atoms with E-state index < -0.39 is 0 Å². The number of anilines is 1. The van der Waals surface area contributed by atoms with Gasteiger partial charge < -0.3 is 10.6 Å². The number of hydrogen-bond donors (Lipinski definition) is 1. The Morgan fingerprint density at radius 3 is 2.32 bits per heavy atom. The number of benzene rings is 1.